The Labute approximate surface area is 176 Å². The summed E-state index contributed by atoms with van der Waals surface area (Å²) in [5.41, 5.74) is 1.26. The van der Waals surface area contributed by atoms with Gasteiger partial charge in [-0.2, -0.15) is 0 Å². The molecule has 1 heterocycles. The molecule has 0 aliphatic carbocycles. The van der Waals surface area contributed by atoms with Gasteiger partial charge in [0.05, 0.1) is 19.3 Å². The molecule has 2 aromatic rings. The summed E-state index contributed by atoms with van der Waals surface area (Å²) >= 11 is 6.33. The molecule has 3 rings (SSSR count). The average molecular weight is 417 g/mol. The maximum Gasteiger partial charge on any atom is 0.327 e. The van der Waals surface area contributed by atoms with Crippen LogP contribution < -0.4 is 4.74 Å². The van der Waals surface area contributed by atoms with Crippen molar-refractivity contribution in [1.29, 1.82) is 0 Å². The van der Waals surface area contributed by atoms with Gasteiger partial charge in [0.15, 0.2) is 0 Å². The molecule has 29 heavy (non-hydrogen) atoms. The molecule has 1 saturated heterocycles. The third-order valence-corrected chi connectivity index (χ3v) is 5.35. The van der Waals surface area contributed by atoms with Crippen LogP contribution in [0.1, 0.15) is 28.9 Å². The molecule has 1 unspecified atom stereocenters. The predicted octanol–water partition coefficient (Wildman–Crippen LogP) is 3.41. The molecule has 1 aliphatic rings. The van der Waals surface area contributed by atoms with Crippen LogP contribution in [-0.2, 0) is 9.53 Å². The van der Waals surface area contributed by atoms with Crippen LogP contribution >= 0.6 is 11.6 Å². The Balaban J connectivity index is 1.74. The SMILES string of the molecule is CCOc1ccccc1C(=O)N1CCN(C(C(=O)OC)c2ccccc2Cl)CC1. The monoisotopic (exact) mass is 416 g/mol. The van der Waals surface area contributed by atoms with E-state index < -0.39 is 6.04 Å². The summed E-state index contributed by atoms with van der Waals surface area (Å²) in [6.07, 6.45) is 0. The van der Waals surface area contributed by atoms with Crippen LogP contribution in [0.15, 0.2) is 48.5 Å². The Morgan fingerprint density at radius 2 is 1.69 bits per heavy atom. The van der Waals surface area contributed by atoms with E-state index in [0.29, 0.717) is 54.7 Å². The number of esters is 1. The smallest absolute Gasteiger partial charge is 0.327 e. The molecule has 0 spiro atoms. The molecule has 7 heteroatoms. The fourth-order valence-corrected chi connectivity index (χ4v) is 3.80. The van der Waals surface area contributed by atoms with Crippen LogP contribution in [0.25, 0.3) is 0 Å². The minimum atomic E-state index is -0.596. The van der Waals surface area contributed by atoms with Crippen LogP contribution in [-0.4, -0.2) is 61.6 Å². The van der Waals surface area contributed by atoms with Gasteiger partial charge in [-0.25, -0.2) is 4.79 Å². The molecule has 1 aliphatic heterocycles. The second kappa shape index (κ2) is 9.76. The maximum absolute atomic E-state index is 13.0. The van der Waals surface area contributed by atoms with Crippen molar-refractivity contribution in [2.45, 2.75) is 13.0 Å². The summed E-state index contributed by atoms with van der Waals surface area (Å²) in [4.78, 5) is 29.3. The largest absolute Gasteiger partial charge is 0.493 e. The van der Waals surface area contributed by atoms with E-state index in [2.05, 4.69) is 0 Å². The van der Waals surface area contributed by atoms with E-state index in [0.717, 1.165) is 0 Å². The second-order valence-corrected chi connectivity index (χ2v) is 7.11. The van der Waals surface area contributed by atoms with Crippen LogP contribution in [0.3, 0.4) is 0 Å². The van der Waals surface area contributed by atoms with Crippen molar-refractivity contribution in [3.05, 3.63) is 64.7 Å². The number of carbonyl (C=O) groups excluding carboxylic acids is 2. The standard InChI is InChI=1S/C22H25ClN2O4/c1-3-29-19-11-7-5-9-17(19)21(26)25-14-12-24(13-15-25)20(22(27)28-2)16-8-4-6-10-18(16)23/h4-11,20H,3,12-15H2,1-2H3. The number of ether oxygens (including phenoxy) is 2. The normalized spacial score (nSPS) is 15.6. The van der Waals surface area contributed by atoms with E-state index in [1.807, 2.05) is 42.2 Å². The first-order valence-corrected chi connectivity index (χ1v) is 10.0. The molecule has 154 valence electrons. The maximum atomic E-state index is 13.0. The van der Waals surface area contributed by atoms with Crippen molar-refractivity contribution in [2.24, 2.45) is 0 Å². The number of piperazine rings is 1. The molecule has 0 bridgehead atoms. The number of rotatable bonds is 6. The Morgan fingerprint density at radius 3 is 2.34 bits per heavy atom. The van der Waals surface area contributed by atoms with Crippen LogP contribution in [0.4, 0.5) is 0 Å². The molecule has 6 nitrogen and oxygen atoms in total. The van der Waals surface area contributed by atoms with Crippen molar-refractivity contribution >= 4 is 23.5 Å². The van der Waals surface area contributed by atoms with Crippen LogP contribution in [0, 0.1) is 0 Å². The quantitative estimate of drug-likeness (QED) is 0.675. The number of para-hydroxylation sites is 1. The lowest BCUT2D eigenvalue weighted by molar-refractivity contribution is -0.148. The number of methoxy groups -OCH3 is 1. The number of hydrogen-bond acceptors (Lipinski definition) is 5. The number of hydrogen-bond donors (Lipinski definition) is 0. The van der Waals surface area contributed by atoms with Gasteiger partial charge in [0.2, 0.25) is 0 Å². The number of nitrogens with zero attached hydrogens (tertiary/aromatic N) is 2. The highest BCUT2D eigenvalue weighted by molar-refractivity contribution is 6.31. The van der Waals surface area contributed by atoms with Gasteiger partial charge in [-0.3, -0.25) is 9.69 Å². The van der Waals surface area contributed by atoms with Crippen molar-refractivity contribution in [1.82, 2.24) is 9.80 Å². The van der Waals surface area contributed by atoms with Crippen molar-refractivity contribution in [3.8, 4) is 5.75 Å². The fraction of sp³-hybridized carbons (Fsp3) is 0.364. The lowest BCUT2D eigenvalue weighted by atomic mass is 10.0. The number of halogens is 1. The third kappa shape index (κ3) is 4.71. The molecule has 0 aromatic heterocycles. The molecule has 1 fully saturated rings. The second-order valence-electron chi connectivity index (χ2n) is 6.70. The van der Waals surface area contributed by atoms with Gasteiger partial charge < -0.3 is 14.4 Å². The Hall–Kier alpha value is -2.57. The van der Waals surface area contributed by atoms with E-state index in [1.165, 1.54) is 7.11 Å². The summed E-state index contributed by atoms with van der Waals surface area (Å²) in [6.45, 7) is 4.45. The molecule has 2 aromatic carbocycles. The first-order valence-electron chi connectivity index (χ1n) is 9.64. The van der Waals surface area contributed by atoms with E-state index >= 15 is 0 Å². The Bertz CT molecular complexity index is 865. The van der Waals surface area contributed by atoms with E-state index in [9.17, 15) is 9.59 Å². The first kappa shape index (κ1) is 21.1. The van der Waals surface area contributed by atoms with Gasteiger partial charge in [-0.15, -0.1) is 0 Å². The summed E-state index contributed by atoms with van der Waals surface area (Å²) in [6, 6.07) is 13.9. The van der Waals surface area contributed by atoms with Gasteiger partial charge in [0.1, 0.15) is 11.8 Å². The minimum Gasteiger partial charge on any atom is -0.493 e. The average Bonchev–Trinajstić information content (AvgIpc) is 2.76. The predicted molar refractivity (Wildman–Crippen MR) is 111 cm³/mol. The van der Waals surface area contributed by atoms with Gasteiger partial charge >= 0.3 is 5.97 Å². The Morgan fingerprint density at radius 1 is 1.03 bits per heavy atom. The molecule has 1 amide bonds. The lowest BCUT2D eigenvalue weighted by Crippen LogP contribution is -2.51. The highest BCUT2D eigenvalue weighted by Crippen LogP contribution is 2.30. The fourth-order valence-electron chi connectivity index (χ4n) is 3.56. The highest BCUT2D eigenvalue weighted by atomic mass is 35.5. The highest BCUT2D eigenvalue weighted by Gasteiger charge is 2.34. The minimum absolute atomic E-state index is 0.0685. The van der Waals surface area contributed by atoms with E-state index in [1.54, 1.807) is 23.1 Å². The van der Waals surface area contributed by atoms with Gasteiger partial charge in [-0.1, -0.05) is 41.9 Å². The summed E-state index contributed by atoms with van der Waals surface area (Å²) in [5, 5.41) is 0.520. The Kier molecular flexibility index (Phi) is 7.12. The van der Waals surface area contributed by atoms with Gasteiger partial charge in [0.25, 0.3) is 5.91 Å². The summed E-state index contributed by atoms with van der Waals surface area (Å²) in [7, 11) is 1.37. The molecule has 0 radical (unpaired) electrons. The van der Waals surface area contributed by atoms with Gasteiger partial charge in [-0.05, 0) is 30.7 Å². The van der Waals surface area contributed by atoms with Crippen LogP contribution in [0.2, 0.25) is 5.02 Å². The third-order valence-electron chi connectivity index (χ3n) is 5.01. The van der Waals surface area contributed by atoms with Crippen molar-refractivity contribution < 1.29 is 19.1 Å². The molecular formula is C22H25ClN2O4. The van der Waals surface area contributed by atoms with E-state index in [4.69, 9.17) is 21.1 Å². The number of amides is 1. The van der Waals surface area contributed by atoms with Crippen LogP contribution in [0.5, 0.6) is 5.75 Å². The molecule has 0 saturated carbocycles. The number of benzene rings is 2. The zero-order valence-electron chi connectivity index (χ0n) is 16.6. The van der Waals surface area contributed by atoms with E-state index in [-0.39, 0.29) is 11.9 Å². The summed E-state index contributed by atoms with van der Waals surface area (Å²) < 4.78 is 10.6. The molecule has 0 N–H and O–H groups in total. The van der Waals surface area contributed by atoms with Crippen molar-refractivity contribution in [2.75, 3.05) is 39.9 Å². The summed E-state index contributed by atoms with van der Waals surface area (Å²) in [5.74, 6) is 0.159. The topological polar surface area (TPSA) is 59.1 Å². The zero-order valence-corrected chi connectivity index (χ0v) is 17.4. The lowest BCUT2D eigenvalue weighted by Gasteiger charge is -2.38. The van der Waals surface area contributed by atoms with Gasteiger partial charge in [0, 0.05) is 31.2 Å². The first-order chi connectivity index (χ1) is 14.1. The molecule has 1 atom stereocenters. The number of carbonyl (C=O) groups is 2. The molecular weight excluding hydrogens is 392 g/mol. The zero-order chi connectivity index (χ0) is 20.8. The van der Waals surface area contributed by atoms with Crippen molar-refractivity contribution in [3.63, 3.8) is 0 Å².